The van der Waals surface area contributed by atoms with E-state index in [1.807, 2.05) is 0 Å². The van der Waals surface area contributed by atoms with Crippen LogP contribution < -0.4 is 5.73 Å². The van der Waals surface area contributed by atoms with E-state index in [2.05, 4.69) is 4.90 Å². The second kappa shape index (κ2) is 6.44. The lowest BCUT2D eigenvalue weighted by Gasteiger charge is -2.46. The molecule has 4 nitrogen and oxygen atoms in total. The molecule has 0 aromatic carbocycles. The molecule has 2 saturated carbocycles. The molecule has 1 aliphatic heterocycles. The third-order valence-corrected chi connectivity index (χ3v) is 5.54. The lowest BCUT2D eigenvalue weighted by molar-refractivity contribution is -0.156. The van der Waals surface area contributed by atoms with Crippen LogP contribution in [0.25, 0.3) is 0 Å². The molecule has 2 aliphatic carbocycles. The van der Waals surface area contributed by atoms with Crippen LogP contribution in [-0.4, -0.2) is 42.6 Å². The monoisotopic (exact) mass is 280 g/mol. The Labute approximate surface area is 122 Å². The molecule has 1 heterocycles. The lowest BCUT2D eigenvalue weighted by atomic mass is 9.77. The molecule has 3 rings (SSSR count). The van der Waals surface area contributed by atoms with E-state index in [4.69, 9.17) is 10.5 Å². The van der Waals surface area contributed by atoms with E-state index in [1.165, 1.54) is 25.7 Å². The minimum atomic E-state index is 0.175. The van der Waals surface area contributed by atoms with Crippen molar-refractivity contribution in [3.05, 3.63) is 0 Å². The van der Waals surface area contributed by atoms with Crippen LogP contribution in [0.4, 0.5) is 0 Å². The highest BCUT2D eigenvalue weighted by atomic mass is 16.5. The van der Waals surface area contributed by atoms with Crippen LogP contribution in [-0.2, 0) is 9.53 Å². The Hall–Kier alpha value is -0.610. The van der Waals surface area contributed by atoms with Crippen LogP contribution >= 0.6 is 0 Å². The number of fused-ring (bicyclic) bond motifs is 1. The number of morpholine rings is 1. The summed E-state index contributed by atoms with van der Waals surface area (Å²) >= 11 is 0. The van der Waals surface area contributed by atoms with Crippen molar-refractivity contribution in [3.63, 3.8) is 0 Å². The van der Waals surface area contributed by atoms with Crippen molar-refractivity contribution < 1.29 is 9.53 Å². The van der Waals surface area contributed by atoms with Gasteiger partial charge in [-0.05, 0) is 38.1 Å². The molecule has 114 valence electrons. The minimum Gasteiger partial charge on any atom is -0.374 e. The number of nitrogens with zero attached hydrogens (tertiary/aromatic N) is 1. The fourth-order valence-corrected chi connectivity index (χ4v) is 4.40. The van der Waals surface area contributed by atoms with Gasteiger partial charge in [-0.2, -0.15) is 0 Å². The van der Waals surface area contributed by atoms with Crippen molar-refractivity contribution in [1.82, 2.24) is 4.90 Å². The van der Waals surface area contributed by atoms with Gasteiger partial charge in [-0.15, -0.1) is 0 Å². The molecular formula is C16H28N2O2. The Morgan fingerprint density at radius 1 is 1.10 bits per heavy atom. The van der Waals surface area contributed by atoms with Gasteiger partial charge in [-0.3, -0.25) is 4.79 Å². The Kier molecular flexibility index (Phi) is 4.61. The van der Waals surface area contributed by atoms with Gasteiger partial charge in [0, 0.05) is 12.5 Å². The van der Waals surface area contributed by atoms with E-state index in [1.54, 1.807) is 0 Å². The molecule has 2 N–H and O–H groups in total. The van der Waals surface area contributed by atoms with Crippen molar-refractivity contribution in [1.29, 1.82) is 0 Å². The van der Waals surface area contributed by atoms with Crippen LogP contribution in [0.3, 0.4) is 0 Å². The predicted octanol–water partition coefficient (Wildman–Crippen LogP) is 1.92. The van der Waals surface area contributed by atoms with E-state index in [9.17, 15) is 4.79 Å². The van der Waals surface area contributed by atoms with Gasteiger partial charge in [0.05, 0.1) is 18.8 Å². The molecule has 0 aromatic heterocycles. The van der Waals surface area contributed by atoms with Crippen LogP contribution in [0, 0.1) is 11.8 Å². The maximum Gasteiger partial charge on any atom is 0.226 e. The van der Waals surface area contributed by atoms with Crippen molar-refractivity contribution >= 4 is 5.91 Å². The zero-order valence-electron chi connectivity index (χ0n) is 12.4. The molecule has 0 bridgehead atoms. The van der Waals surface area contributed by atoms with E-state index in [0.29, 0.717) is 37.1 Å². The standard InChI is InChI=1S/C16H28N2O2/c17-11-12-5-1-2-6-13(12)16(19)18-9-10-20-15-8-4-3-7-14(15)18/h12-15H,1-11,17H2. The maximum absolute atomic E-state index is 13.0. The molecule has 3 aliphatic rings. The quantitative estimate of drug-likeness (QED) is 0.841. The van der Waals surface area contributed by atoms with E-state index < -0.39 is 0 Å². The predicted molar refractivity (Wildman–Crippen MR) is 78.2 cm³/mol. The fraction of sp³-hybridized carbons (Fsp3) is 0.938. The zero-order chi connectivity index (χ0) is 13.9. The summed E-state index contributed by atoms with van der Waals surface area (Å²) in [4.78, 5) is 15.2. The molecule has 20 heavy (non-hydrogen) atoms. The van der Waals surface area contributed by atoms with Gasteiger partial charge < -0.3 is 15.4 Å². The summed E-state index contributed by atoms with van der Waals surface area (Å²) in [6.45, 7) is 2.16. The van der Waals surface area contributed by atoms with Crippen molar-refractivity contribution in [2.75, 3.05) is 19.7 Å². The molecule has 0 aromatic rings. The first-order valence-electron chi connectivity index (χ1n) is 8.43. The summed E-state index contributed by atoms with van der Waals surface area (Å²) in [6, 6.07) is 0.338. The highest BCUT2D eigenvalue weighted by Crippen LogP contribution is 2.34. The smallest absolute Gasteiger partial charge is 0.226 e. The first-order valence-corrected chi connectivity index (χ1v) is 8.43. The molecule has 4 heteroatoms. The second-order valence-electron chi connectivity index (χ2n) is 6.68. The lowest BCUT2D eigenvalue weighted by Crippen LogP contribution is -2.57. The van der Waals surface area contributed by atoms with Crippen LogP contribution in [0.5, 0.6) is 0 Å². The second-order valence-corrected chi connectivity index (χ2v) is 6.68. The SMILES string of the molecule is NCC1CCCCC1C(=O)N1CCOC2CCCCC21. The van der Waals surface area contributed by atoms with E-state index in [0.717, 1.165) is 32.2 Å². The average Bonchev–Trinajstić information content (AvgIpc) is 2.53. The number of nitrogens with two attached hydrogens (primary N) is 1. The number of ether oxygens (including phenoxy) is 1. The van der Waals surface area contributed by atoms with Gasteiger partial charge in [0.1, 0.15) is 0 Å². The highest BCUT2D eigenvalue weighted by Gasteiger charge is 2.40. The van der Waals surface area contributed by atoms with Crippen LogP contribution in [0.15, 0.2) is 0 Å². The molecule has 0 spiro atoms. The largest absolute Gasteiger partial charge is 0.374 e. The summed E-state index contributed by atoms with van der Waals surface area (Å²) in [7, 11) is 0. The Bertz CT molecular complexity index is 345. The number of amides is 1. The van der Waals surface area contributed by atoms with Gasteiger partial charge in [-0.1, -0.05) is 25.7 Å². The zero-order valence-corrected chi connectivity index (χ0v) is 12.4. The van der Waals surface area contributed by atoms with Crippen molar-refractivity contribution in [3.8, 4) is 0 Å². The third-order valence-electron chi connectivity index (χ3n) is 5.54. The van der Waals surface area contributed by atoms with Gasteiger partial charge in [0.25, 0.3) is 0 Å². The van der Waals surface area contributed by atoms with Crippen molar-refractivity contribution in [2.24, 2.45) is 17.6 Å². The van der Waals surface area contributed by atoms with E-state index in [-0.39, 0.29) is 5.92 Å². The molecule has 4 unspecified atom stereocenters. The first-order chi connectivity index (χ1) is 9.81. The number of carbonyl (C=O) groups is 1. The maximum atomic E-state index is 13.0. The number of hydrogen-bond acceptors (Lipinski definition) is 3. The molecule has 1 amide bonds. The normalized spacial score (nSPS) is 38.4. The molecular weight excluding hydrogens is 252 g/mol. The Morgan fingerprint density at radius 2 is 1.85 bits per heavy atom. The number of hydrogen-bond donors (Lipinski definition) is 1. The van der Waals surface area contributed by atoms with Gasteiger partial charge in [0.15, 0.2) is 0 Å². The van der Waals surface area contributed by atoms with Crippen LogP contribution in [0.1, 0.15) is 51.4 Å². The molecule has 3 fully saturated rings. The summed E-state index contributed by atoms with van der Waals surface area (Å²) < 4.78 is 5.88. The van der Waals surface area contributed by atoms with Crippen molar-refractivity contribution in [2.45, 2.75) is 63.5 Å². The topological polar surface area (TPSA) is 55.6 Å². The van der Waals surface area contributed by atoms with E-state index >= 15 is 0 Å². The Balaban J connectivity index is 1.71. The van der Waals surface area contributed by atoms with Gasteiger partial charge in [0.2, 0.25) is 5.91 Å². The summed E-state index contributed by atoms with van der Waals surface area (Å²) in [5, 5.41) is 0. The summed E-state index contributed by atoms with van der Waals surface area (Å²) in [6.07, 6.45) is 9.61. The highest BCUT2D eigenvalue weighted by molar-refractivity contribution is 5.79. The van der Waals surface area contributed by atoms with Gasteiger partial charge >= 0.3 is 0 Å². The summed E-state index contributed by atoms with van der Waals surface area (Å²) in [5.74, 6) is 0.955. The molecule has 1 saturated heterocycles. The molecule has 0 radical (unpaired) electrons. The molecule has 4 atom stereocenters. The number of rotatable bonds is 2. The Morgan fingerprint density at radius 3 is 2.70 bits per heavy atom. The first kappa shape index (κ1) is 14.3. The number of carbonyl (C=O) groups excluding carboxylic acids is 1. The summed E-state index contributed by atoms with van der Waals surface area (Å²) in [5.41, 5.74) is 5.90. The average molecular weight is 280 g/mol. The fourth-order valence-electron chi connectivity index (χ4n) is 4.40. The van der Waals surface area contributed by atoms with Gasteiger partial charge in [-0.25, -0.2) is 0 Å². The third kappa shape index (κ3) is 2.73. The van der Waals surface area contributed by atoms with Crippen LogP contribution in [0.2, 0.25) is 0 Å². The minimum absolute atomic E-state index is 0.175.